The van der Waals surface area contributed by atoms with Crippen LogP contribution in [0.4, 0.5) is 0 Å². The van der Waals surface area contributed by atoms with E-state index in [0.717, 1.165) is 0 Å². The predicted molar refractivity (Wildman–Crippen MR) is 56.2 cm³/mol. The number of carbonyl (C=O) groups excluding carboxylic acids is 2. The van der Waals surface area contributed by atoms with E-state index in [0.29, 0.717) is 0 Å². The molecule has 0 aromatic rings. The Labute approximate surface area is 86.6 Å². The van der Waals surface area contributed by atoms with E-state index in [1.807, 2.05) is 0 Å². The van der Waals surface area contributed by atoms with Crippen molar-refractivity contribution < 1.29 is 15.0 Å². The van der Waals surface area contributed by atoms with Crippen LogP contribution < -0.4 is 22.2 Å². The first-order valence-electron chi connectivity index (χ1n) is 3.73. The van der Waals surface area contributed by atoms with Crippen molar-refractivity contribution in [3.05, 3.63) is 11.3 Å². The van der Waals surface area contributed by atoms with Crippen LogP contribution in [-0.2, 0) is 22.2 Å². The largest absolute Gasteiger partial charge is 0.401 e. The molecule has 0 heterocycles. The highest BCUT2D eigenvalue weighted by Crippen LogP contribution is 2.03. The number of likely N-dealkylation sites (N-methyl/N-ethyl adjacent to an activating group) is 1. The maximum absolute atomic E-state index is 11.2. The number of nitrogens with one attached hydrogen (secondary N) is 1. The zero-order valence-corrected chi connectivity index (χ0v) is 8.76. The Morgan fingerprint density at radius 1 is 1.43 bits per heavy atom. The second-order valence-corrected chi connectivity index (χ2v) is 3.07. The summed E-state index contributed by atoms with van der Waals surface area (Å²) in [7, 11) is 1.43. The number of hydrogen-bond acceptors (Lipinski definition) is 3. The second-order valence-electron chi connectivity index (χ2n) is 2.54. The summed E-state index contributed by atoms with van der Waals surface area (Å²) in [6.07, 6.45) is -0.214. The first-order valence-corrected chi connectivity index (χ1v) is 4.23. The fourth-order valence-corrected chi connectivity index (χ4v) is 1.12. The minimum atomic E-state index is -0.628. The monoisotopic (exact) mass is 218 g/mol. The van der Waals surface area contributed by atoms with Gasteiger partial charge in [-0.2, -0.15) is 0 Å². The Kier molecular flexibility index (Phi) is 4.71. The average molecular weight is 218 g/mol. The molecule has 0 aromatic heterocycles. The van der Waals surface area contributed by atoms with Crippen molar-refractivity contribution in [3.63, 3.8) is 0 Å². The summed E-state index contributed by atoms with van der Waals surface area (Å²) in [5, 5.41) is 7.77. The first-order chi connectivity index (χ1) is 6.40. The van der Waals surface area contributed by atoms with Gasteiger partial charge in [0.15, 0.2) is 5.57 Å². The van der Waals surface area contributed by atoms with E-state index in [1.165, 1.54) is 7.05 Å². The lowest BCUT2D eigenvalue weighted by Crippen LogP contribution is -2.44. The summed E-state index contributed by atoms with van der Waals surface area (Å²) in [5.41, 5.74) is 10.5. The normalized spacial score (nSPS) is 11.6. The minimum absolute atomic E-state index is 0.0305. The molecule has 0 unspecified atom stereocenters. The molecule has 0 aromatic carbocycles. The molecule has 0 aliphatic rings. The molecule has 78 valence electrons. The molecule has 0 saturated carbocycles. The third kappa shape index (κ3) is 3.48. The summed E-state index contributed by atoms with van der Waals surface area (Å²) in [4.78, 5) is 21.8. The van der Waals surface area contributed by atoms with Crippen molar-refractivity contribution in [3.8, 4) is 0 Å². The number of amides is 2. The molecule has 14 heavy (non-hydrogen) atoms. The second kappa shape index (κ2) is 5.28. The Balaban J connectivity index is 5.05. The fourth-order valence-electron chi connectivity index (χ4n) is 0.842. The van der Waals surface area contributed by atoms with Crippen LogP contribution in [0.2, 0.25) is 0 Å². The molecule has 0 rings (SSSR count). The van der Waals surface area contributed by atoms with Crippen LogP contribution >= 0.6 is 0 Å². The van der Waals surface area contributed by atoms with Crippen LogP contribution in [0.15, 0.2) is 11.3 Å². The molecule has 0 radical (unpaired) electrons. The molecule has 0 atom stereocenters. The van der Waals surface area contributed by atoms with Crippen molar-refractivity contribution >= 4 is 29.5 Å². The van der Waals surface area contributed by atoms with Gasteiger partial charge in [0.2, 0.25) is 5.91 Å². The number of primary amides is 1. The van der Waals surface area contributed by atoms with Crippen molar-refractivity contribution in [1.82, 2.24) is 5.32 Å². The van der Waals surface area contributed by atoms with Crippen LogP contribution in [0.25, 0.3) is 0 Å². The van der Waals surface area contributed by atoms with E-state index >= 15 is 0 Å². The Morgan fingerprint density at radius 2 is 1.93 bits per heavy atom. The van der Waals surface area contributed by atoms with Gasteiger partial charge in [-0.05, 0) is 0 Å². The van der Waals surface area contributed by atoms with Crippen LogP contribution in [0.5, 0.6) is 0 Å². The lowest BCUT2D eigenvalue weighted by Gasteiger charge is -2.02. The Bertz CT molecular complexity index is 311. The molecule has 7 N–H and O–H groups in total. The van der Waals surface area contributed by atoms with Gasteiger partial charge in [-0.1, -0.05) is 0 Å². The molecule has 0 aliphatic carbocycles. The van der Waals surface area contributed by atoms with E-state index in [-0.39, 0.29) is 22.7 Å². The van der Waals surface area contributed by atoms with Gasteiger partial charge < -0.3 is 16.8 Å². The zero-order chi connectivity index (χ0) is 11.3. The maximum Gasteiger partial charge on any atom is 0.385 e. The summed E-state index contributed by atoms with van der Waals surface area (Å²) in [5.74, 6) is -1.10. The third-order valence-electron chi connectivity index (χ3n) is 1.41. The highest BCUT2D eigenvalue weighted by Gasteiger charge is 2.24. The van der Waals surface area contributed by atoms with Crippen LogP contribution in [0.1, 0.15) is 6.42 Å². The number of rotatable bonds is 4. The quantitative estimate of drug-likeness (QED) is 0.166. The minimum Gasteiger partial charge on any atom is -0.401 e. The fraction of sp³-hybridized carbons (Fsp3) is 0.286. The highest BCUT2D eigenvalue weighted by molar-refractivity contribution is 7.78. The van der Waals surface area contributed by atoms with Gasteiger partial charge in [0.1, 0.15) is 0 Å². The maximum atomic E-state index is 11.2. The predicted octanol–water partition coefficient (Wildman–Crippen LogP) is -4.01. The van der Waals surface area contributed by atoms with Crippen LogP contribution in [-0.4, -0.2) is 23.9 Å². The smallest absolute Gasteiger partial charge is 0.385 e. The lowest BCUT2D eigenvalue weighted by molar-refractivity contribution is -0.119. The average Bonchev–Trinajstić information content (AvgIpc) is 2.01. The first kappa shape index (κ1) is 12.5. The molecular weight excluding hydrogens is 204 g/mol. The molecule has 0 spiro atoms. The summed E-state index contributed by atoms with van der Waals surface area (Å²) in [6, 6.07) is 0. The van der Waals surface area contributed by atoms with Crippen molar-refractivity contribution in [2.24, 2.45) is 11.5 Å². The van der Waals surface area contributed by atoms with E-state index in [4.69, 9.17) is 16.9 Å². The molecule has 2 amide bonds. The molecular formula is C7H14N4O2S+2. The van der Waals surface area contributed by atoms with Crippen molar-refractivity contribution in [2.45, 2.75) is 6.42 Å². The molecule has 0 fully saturated rings. The van der Waals surface area contributed by atoms with E-state index < -0.39 is 11.8 Å². The molecule has 0 saturated heterocycles. The van der Waals surface area contributed by atoms with Gasteiger partial charge in [0, 0.05) is 12.7 Å². The summed E-state index contributed by atoms with van der Waals surface area (Å²) < 4.78 is 0. The molecule has 0 bridgehead atoms. The number of carbonyl (C=O) groups is 2. The molecule has 6 nitrogen and oxygen atoms in total. The van der Waals surface area contributed by atoms with Gasteiger partial charge in [-0.3, -0.25) is 9.59 Å². The van der Waals surface area contributed by atoms with E-state index in [2.05, 4.69) is 17.9 Å². The van der Waals surface area contributed by atoms with Crippen molar-refractivity contribution in [1.29, 1.82) is 0 Å². The van der Waals surface area contributed by atoms with E-state index in [1.54, 1.807) is 0 Å². The van der Waals surface area contributed by atoms with Gasteiger partial charge in [0.25, 0.3) is 5.91 Å². The number of nitrogens with two attached hydrogens (primary N) is 3. The topological polar surface area (TPSA) is 124 Å². The van der Waals surface area contributed by atoms with Gasteiger partial charge >= 0.3 is 5.04 Å². The van der Waals surface area contributed by atoms with Gasteiger partial charge in [-0.15, -0.1) is 0 Å². The lowest BCUT2D eigenvalue weighted by atomic mass is 10.1. The molecule has 7 heteroatoms. The Morgan fingerprint density at radius 3 is 2.21 bits per heavy atom. The highest BCUT2D eigenvalue weighted by atomic mass is 32.1. The summed E-state index contributed by atoms with van der Waals surface area (Å²) in [6.45, 7) is 0. The SMILES string of the molecule is CNC(=O)C(C(=[NH2+])[SH2+])=C(N)CC(N)=O. The van der Waals surface area contributed by atoms with E-state index in [9.17, 15) is 9.59 Å². The standard InChI is InChI=1S/C7H12N4O2S/c1-11-7(13)5(6(10)14)3(8)2-4(9)12/h2,8H2,1H3,(H2,9,12)(H2,10,14)(H,11,13)/p+2. The Hall–Kier alpha value is -1.50. The van der Waals surface area contributed by atoms with Gasteiger partial charge in [-0.25, -0.2) is 5.41 Å². The van der Waals surface area contributed by atoms with Gasteiger partial charge in [0.05, 0.1) is 19.0 Å². The van der Waals surface area contributed by atoms with Crippen molar-refractivity contribution in [2.75, 3.05) is 7.05 Å². The van der Waals surface area contributed by atoms with Crippen LogP contribution in [0, 0.1) is 0 Å². The number of hydrogen-bond donors (Lipinski definition) is 4. The molecule has 0 aliphatic heterocycles. The van der Waals surface area contributed by atoms with Crippen LogP contribution in [0.3, 0.4) is 0 Å². The third-order valence-corrected chi connectivity index (χ3v) is 1.66. The zero-order valence-electron chi connectivity index (χ0n) is 7.76. The summed E-state index contributed by atoms with van der Waals surface area (Å²) >= 11 is 2.97.